The Morgan fingerprint density at radius 2 is 1.86 bits per heavy atom. The number of carboxylic acids is 1. The van der Waals surface area contributed by atoms with Crippen molar-refractivity contribution < 1.29 is 36.2 Å². The van der Waals surface area contributed by atoms with Crippen LogP contribution in [0.15, 0.2) is 65.8 Å². The van der Waals surface area contributed by atoms with Crippen molar-refractivity contribution in [2.45, 2.75) is 42.9 Å². The molecule has 11 heteroatoms. The van der Waals surface area contributed by atoms with Crippen LogP contribution in [0.4, 0.5) is 13.2 Å². The minimum Gasteiger partial charge on any atom is -0.482 e. The lowest BCUT2D eigenvalue weighted by molar-refractivity contribution is -0.139. The Morgan fingerprint density at radius 3 is 2.56 bits per heavy atom. The number of alkyl halides is 3. The fourth-order valence-corrected chi connectivity index (χ4v) is 5.39. The number of ether oxygens (including phenoxy) is 1. The fourth-order valence-electron chi connectivity index (χ4n) is 4.21. The predicted octanol–water partition coefficient (Wildman–Crippen LogP) is 4.98. The number of fused-ring (bicyclic) bond motifs is 1. The highest BCUT2D eigenvalue weighted by molar-refractivity contribution is 7.89. The number of carboxylic acid groups (broad SMARTS) is 1. The summed E-state index contributed by atoms with van der Waals surface area (Å²) in [6.07, 6.45) is -0.609. The summed E-state index contributed by atoms with van der Waals surface area (Å²) in [5.74, 6) is -0.706. The summed E-state index contributed by atoms with van der Waals surface area (Å²) in [6, 6.07) is 11.9. The zero-order valence-electron chi connectivity index (χ0n) is 19.0. The first-order chi connectivity index (χ1) is 17.0. The zero-order chi connectivity index (χ0) is 25.9. The SMILES string of the molecule is O=C(O)COc1cccc2c1CCCCC2NS(=O)(=O)c1ccc(-c2cccc(C(F)(F)F)c2)cn1. The lowest BCUT2D eigenvalue weighted by Crippen LogP contribution is -2.29. The number of nitrogens with zero attached hydrogens (tertiary/aromatic N) is 1. The highest BCUT2D eigenvalue weighted by Crippen LogP contribution is 2.35. The predicted molar refractivity (Wildman–Crippen MR) is 125 cm³/mol. The van der Waals surface area contributed by atoms with Gasteiger partial charge in [-0.1, -0.05) is 30.7 Å². The second-order valence-electron chi connectivity index (χ2n) is 8.39. The van der Waals surface area contributed by atoms with E-state index in [4.69, 9.17) is 9.84 Å². The fraction of sp³-hybridized carbons (Fsp3) is 0.280. The largest absolute Gasteiger partial charge is 0.482 e. The number of hydrogen-bond donors (Lipinski definition) is 2. The van der Waals surface area contributed by atoms with E-state index in [2.05, 4.69) is 9.71 Å². The topological polar surface area (TPSA) is 106 Å². The van der Waals surface area contributed by atoms with E-state index in [1.807, 2.05) is 0 Å². The molecule has 1 aromatic heterocycles. The molecule has 0 radical (unpaired) electrons. The van der Waals surface area contributed by atoms with Gasteiger partial charge in [0.15, 0.2) is 11.6 Å². The van der Waals surface area contributed by atoms with Crippen LogP contribution in [0.2, 0.25) is 0 Å². The summed E-state index contributed by atoms with van der Waals surface area (Å²) < 4.78 is 73.4. The second kappa shape index (κ2) is 10.3. The Kier molecular flexibility index (Phi) is 7.32. The van der Waals surface area contributed by atoms with E-state index in [1.165, 1.54) is 30.5 Å². The van der Waals surface area contributed by atoms with Gasteiger partial charge in [-0.05, 0) is 66.3 Å². The lowest BCUT2D eigenvalue weighted by atomic mass is 9.99. The van der Waals surface area contributed by atoms with Crippen LogP contribution in [0.1, 0.15) is 42.0 Å². The van der Waals surface area contributed by atoms with Crippen molar-refractivity contribution in [2.75, 3.05) is 6.61 Å². The molecule has 1 aliphatic rings. The van der Waals surface area contributed by atoms with Gasteiger partial charge in [-0.25, -0.2) is 22.9 Å². The van der Waals surface area contributed by atoms with Gasteiger partial charge >= 0.3 is 12.1 Å². The van der Waals surface area contributed by atoms with Crippen molar-refractivity contribution in [1.82, 2.24) is 9.71 Å². The lowest BCUT2D eigenvalue weighted by Gasteiger charge is -2.21. The van der Waals surface area contributed by atoms with Gasteiger partial charge in [0, 0.05) is 17.8 Å². The van der Waals surface area contributed by atoms with Crippen molar-refractivity contribution in [1.29, 1.82) is 0 Å². The smallest absolute Gasteiger partial charge is 0.416 e. The van der Waals surface area contributed by atoms with Crippen LogP contribution in [0.25, 0.3) is 11.1 Å². The van der Waals surface area contributed by atoms with Gasteiger partial charge in [0.05, 0.1) is 5.56 Å². The molecule has 4 rings (SSSR count). The van der Waals surface area contributed by atoms with E-state index >= 15 is 0 Å². The Bertz CT molecular complexity index is 1360. The van der Waals surface area contributed by atoms with Gasteiger partial charge in [-0.2, -0.15) is 13.2 Å². The minimum absolute atomic E-state index is 0.262. The Balaban J connectivity index is 1.57. The number of hydrogen-bond acceptors (Lipinski definition) is 5. The molecular weight excluding hydrogens is 497 g/mol. The van der Waals surface area contributed by atoms with Crippen LogP contribution in [-0.2, 0) is 27.4 Å². The van der Waals surface area contributed by atoms with Crippen molar-refractivity contribution in [3.05, 3.63) is 77.5 Å². The maximum atomic E-state index is 13.1. The summed E-state index contributed by atoms with van der Waals surface area (Å²) >= 11 is 0. The van der Waals surface area contributed by atoms with E-state index in [0.717, 1.165) is 30.5 Å². The molecule has 36 heavy (non-hydrogen) atoms. The van der Waals surface area contributed by atoms with E-state index in [-0.39, 0.29) is 10.6 Å². The standard InChI is InChI=1S/C25H23F3N2O5S/c26-25(27,28)18-6-3-5-16(13-18)17-11-12-23(29-14-17)36(33,34)30-21-9-2-1-7-20-19(21)8-4-10-22(20)35-15-24(31)32/h3-6,8,10-14,21,30H,1-2,7,9,15H2,(H,31,32). The molecule has 0 spiro atoms. The molecule has 0 aliphatic heterocycles. The molecule has 0 bridgehead atoms. The van der Waals surface area contributed by atoms with Crippen LogP contribution in [-0.4, -0.2) is 31.1 Å². The van der Waals surface area contributed by atoms with Crippen LogP contribution >= 0.6 is 0 Å². The molecule has 1 atom stereocenters. The first-order valence-corrected chi connectivity index (χ1v) is 12.7. The van der Waals surface area contributed by atoms with Crippen LogP contribution < -0.4 is 9.46 Å². The summed E-state index contributed by atoms with van der Waals surface area (Å²) in [5.41, 5.74) is 1.27. The Labute approximate surface area is 206 Å². The molecule has 0 fully saturated rings. The number of carbonyl (C=O) groups is 1. The first-order valence-electron chi connectivity index (χ1n) is 11.2. The van der Waals surface area contributed by atoms with Crippen molar-refractivity contribution in [3.8, 4) is 16.9 Å². The van der Waals surface area contributed by atoms with Crippen molar-refractivity contribution in [2.24, 2.45) is 0 Å². The monoisotopic (exact) mass is 520 g/mol. The van der Waals surface area contributed by atoms with E-state index in [9.17, 15) is 26.4 Å². The van der Waals surface area contributed by atoms with Gasteiger partial charge < -0.3 is 9.84 Å². The zero-order valence-corrected chi connectivity index (χ0v) is 19.8. The number of rotatable bonds is 7. The van der Waals surface area contributed by atoms with Gasteiger partial charge in [0.25, 0.3) is 10.0 Å². The minimum atomic E-state index is -4.50. The highest BCUT2D eigenvalue weighted by atomic mass is 32.2. The molecule has 0 amide bonds. The molecule has 0 saturated carbocycles. The molecular formula is C25H23F3N2O5S. The molecule has 7 nitrogen and oxygen atoms in total. The van der Waals surface area contributed by atoms with E-state index < -0.39 is 40.4 Å². The number of aromatic nitrogens is 1. The van der Waals surface area contributed by atoms with Crippen molar-refractivity contribution in [3.63, 3.8) is 0 Å². The number of sulfonamides is 1. The number of benzene rings is 2. The molecule has 190 valence electrons. The van der Waals surface area contributed by atoms with Crippen LogP contribution in [0, 0.1) is 0 Å². The van der Waals surface area contributed by atoms with Crippen LogP contribution in [0.5, 0.6) is 5.75 Å². The van der Waals surface area contributed by atoms with Gasteiger partial charge in [0.1, 0.15) is 5.75 Å². The Morgan fingerprint density at radius 1 is 1.08 bits per heavy atom. The van der Waals surface area contributed by atoms with Crippen molar-refractivity contribution >= 4 is 16.0 Å². The molecule has 0 saturated heterocycles. The third-order valence-corrected chi connectivity index (χ3v) is 7.28. The Hall–Kier alpha value is -3.44. The highest BCUT2D eigenvalue weighted by Gasteiger charge is 2.31. The molecule has 1 unspecified atom stereocenters. The molecule has 1 aliphatic carbocycles. The summed E-state index contributed by atoms with van der Waals surface area (Å²) in [7, 11) is -4.06. The number of nitrogens with one attached hydrogen (secondary N) is 1. The number of pyridine rings is 1. The summed E-state index contributed by atoms with van der Waals surface area (Å²) in [5, 5.41) is 8.67. The average Bonchev–Trinajstić information content (AvgIpc) is 3.04. The second-order valence-corrected chi connectivity index (χ2v) is 10.1. The first kappa shape index (κ1) is 25.6. The molecule has 2 N–H and O–H groups in total. The van der Waals surface area contributed by atoms with Gasteiger partial charge in [-0.15, -0.1) is 0 Å². The number of halogens is 3. The van der Waals surface area contributed by atoms with Gasteiger partial charge in [-0.3, -0.25) is 0 Å². The third kappa shape index (κ3) is 5.85. The maximum Gasteiger partial charge on any atom is 0.416 e. The molecule has 2 aromatic carbocycles. The number of aliphatic carboxylic acids is 1. The van der Waals surface area contributed by atoms with E-state index in [1.54, 1.807) is 18.2 Å². The molecule has 3 aromatic rings. The van der Waals surface area contributed by atoms with Crippen LogP contribution in [0.3, 0.4) is 0 Å². The van der Waals surface area contributed by atoms with Gasteiger partial charge in [0.2, 0.25) is 0 Å². The summed E-state index contributed by atoms with van der Waals surface area (Å²) in [4.78, 5) is 14.9. The maximum absolute atomic E-state index is 13.1. The van der Waals surface area contributed by atoms with E-state index in [0.29, 0.717) is 29.7 Å². The third-order valence-electron chi connectivity index (χ3n) is 5.90. The average molecular weight is 521 g/mol. The quantitative estimate of drug-likeness (QED) is 0.426. The normalized spacial score (nSPS) is 16.1. The molecule has 1 heterocycles. The summed E-state index contributed by atoms with van der Waals surface area (Å²) in [6.45, 7) is -0.505.